The molecule has 1 unspecified atom stereocenters. The van der Waals surface area contributed by atoms with Gasteiger partial charge in [0.05, 0.1) is 0 Å². The predicted octanol–water partition coefficient (Wildman–Crippen LogP) is 6.10. The zero-order valence-corrected chi connectivity index (χ0v) is 15.8. The maximum absolute atomic E-state index is 6.13. The molecule has 0 saturated heterocycles. The lowest BCUT2D eigenvalue weighted by atomic mass is 10.2. The molecular weight excluding hydrogens is 268 g/mol. The Morgan fingerprint density at radius 1 is 1.00 bits per heavy atom. The van der Waals surface area contributed by atoms with E-state index in [1.807, 2.05) is 0 Å². The van der Waals surface area contributed by atoms with Gasteiger partial charge in [-0.3, -0.25) is 0 Å². The van der Waals surface area contributed by atoms with Crippen LogP contribution < -0.4 is 0 Å². The lowest BCUT2D eigenvalue weighted by Crippen LogP contribution is -2.30. The van der Waals surface area contributed by atoms with Gasteiger partial charge < -0.3 is 4.43 Å². The molecule has 0 aliphatic heterocycles. The minimum absolute atomic E-state index is 0.762. The summed E-state index contributed by atoms with van der Waals surface area (Å²) >= 11 is 2.13. The molecule has 0 amide bonds. The Labute approximate surface area is 127 Å². The van der Waals surface area contributed by atoms with Crippen LogP contribution in [0.3, 0.4) is 0 Å². The van der Waals surface area contributed by atoms with Crippen molar-refractivity contribution >= 4 is 20.1 Å². The number of rotatable bonds is 13. The predicted molar refractivity (Wildman–Crippen MR) is 93.8 cm³/mol. The summed E-state index contributed by atoms with van der Waals surface area (Å²) in [7, 11) is -1.33. The molecule has 0 saturated carbocycles. The van der Waals surface area contributed by atoms with Crippen molar-refractivity contribution in [3.8, 4) is 0 Å². The fourth-order valence-electron chi connectivity index (χ4n) is 2.25. The zero-order valence-electron chi connectivity index (χ0n) is 14.0. The topological polar surface area (TPSA) is 9.23 Å². The van der Waals surface area contributed by atoms with Crippen molar-refractivity contribution in [1.29, 1.82) is 0 Å². The SMILES string of the molecule is CCCCCCCSC(C)CCO[Si](C)(C)CCC. The molecule has 1 nitrogen and oxygen atoms in total. The average Bonchev–Trinajstić information content (AvgIpc) is 2.33. The van der Waals surface area contributed by atoms with E-state index in [2.05, 4.69) is 45.6 Å². The van der Waals surface area contributed by atoms with Gasteiger partial charge >= 0.3 is 0 Å². The number of unbranched alkanes of at least 4 members (excludes halogenated alkanes) is 4. The number of thioether (sulfide) groups is 1. The van der Waals surface area contributed by atoms with E-state index in [9.17, 15) is 0 Å². The third-order valence-electron chi connectivity index (χ3n) is 3.52. The van der Waals surface area contributed by atoms with Crippen LogP contribution in [0.2, 0.25) is 19.1 Å². The van der Waals surface area contributed by atoms with Crippen LogP contribution in [-0.4, -0.2) is 25.9 Å². The maximum Gasteiger partial charge on any atom is 0.186 e. The second-order valence-corrected chi connectivity index (χ2v) is 12.1. The van der Waals surface area contributed by atoms with Crippen LogP contribution in [0.1, 0.15) is 65.7 Å². The van der Waals surface area contributed by atoms with E-state index in [-0.39, 0.29) is 0 Å². The Balaban J connectivity index is 3.41. The van der Waals surface area contributed by atoms with Gasteiger partial charge in [0, 0.05) is 11.9 Å². The summed E-state index contributed by atoms with van der Waals surface area (Å²) in [5, 5.41) is 0.762. The van der Waals surface area contributed by atoms with Crippen molar-refractivity contribution in [1.82, 2.24) is 0 Å². The Hall–Kier alpha value is 0.527. The molecule has 0 radical (unpaired) electrons. The number of hydrogen-bond acceptors (Lipinski definition) is 2. The average molecular weight is 305 g/mol. The van der Waals surface area contributed by atoms with Crippen molar-refractivity contribution in [2.45, 2.75) is 90.1 Å². The molecule has 0 aromatic carbocycles. The second kappa shape index (κ2) is 12.3. The fraction of sp³-hybridized carbons (Fsp3) is 1.00. The van der Waals surface area contributed by atoms with E-state index in [1.54, 1.807) is 0 Å². The quantitative estimate of drug-likeness (QED) is 0.300. The first kappa shape index (κ1) is 19.5. The second-order valence-electron chi connectivity index (χ2n) is 6.24. The van der Waals surface area contributed by atoms with Gasteiger partial charge in [-0.25, -0.2) is 0 Å². The van der Waals surface area contributed by atoms with Crippen molar-refractivity contribution in [2.24, 2.45) is 0 Å². The van der Waals surface area contributed by atoms with Gasteiger partial charge in [0.2, 0.25) is 0 Å². The van der Waals surface area contributed by atoms with Gasteiger partial charge in [0.1, 0.15) is 0 Å². The minimum Gasteiger partial charge on any atom is -0.417 e. The van der Waals surface area contributed by atoms with Crippen LogP contribution in [-0.2, 0) is 4.43 Å². The van der Waals surface area contributed by atoms with Crippen LogP contribution in [0.5, 0.6) is 0 Å². The smallest absolute Gasteiger partial charge is 0.186 e. The molecule has 0 aliphatic rings. The molecule has 0 spiro atoms. The highest BCUT2D eigenvalue weighted by molar-refractivity contribution is 7.99. The summed E-state index contributed by atoms with van der Waals surface area (Å²) in [6, 6.07) is 1.30. The van der Waals surface area contributed by atoms with E-state index in [1.165, 1.54) is 56.7 Å². The van der Waals surface area contributed by atoms with Crippen molar-refractivity contribution in [2.75, 3.05) is 12.4 Å². The maximum atomic E-state index is 6.13. The van der Waals surface area contributed by atoms with Crippen LogP contribution in [0.15, 0.2) is 0 Å². The summed E-state index contributed by atoms with van der Waals surface area (Å²) in [5.41, 5.74) is 0. The van der Waals surface area contributed by atoms with Gasteiger partial charge in [-0.1, -0.05) is 52.9 Å². The molecule has 0 aliphatic carbocycles. The van der Waals surface area contributed by atoms with Crippen LogP contribution >= 0.6 is 11.8 Å². The summed E-state index contributed by atoms with van der Waals surface area (Å²) in [4.78, 5) is 0. The van der Waals surface area contributed by atoms with E-state index >= 15 is 0 Å². The van der Waals surface area contributed by atoms with Gasteiger partial charge in [-0.05, 0) is 37.7 Å². The van der Waals surface area contributed by atoms with Crippen molar-refractivity contribution in [3.63, 3.8) is 0 Å². The highest BCUT2D eigenvalue weighted by Crippen LogP contribution is 2.19. The molecule has 0 heterocycles. The molecular formula is C16H36OSSi. The van der Waals surface area contributed by atoms with Crippen LogP contribution in [0.25, 0.3) is 0 Å². The minimum atomic E-state index is -1.33. The van der Waals surface area contributed by atoms with E-state index in [0.717, 1.165) is 11.9 Å². The van der Waals surface area contributed by atoms with E-state index in [0.29, 0.717) is 0 Å². The zero-order chi connectivity index (χ0) is 14.6. The molecule has 0 N–H and O–H groups in total. The van der Waals surface area contributed by atoms with Crippen LogP contribution in [0.4, 0.5) is 0 Å². The first-order valence-corrected chi connectivity index (χ1v) is 12.4. The highest BCUT2D eigenvalue weighted by atomic mass is 32.2. The van der Waals surface area contributed by atoms with Crippen molar-refractivity contribution in [3.05, 3.63) is 0 Å². The molecule has 0 fully saturated rings. The van der Waals surface area contributed by atoms with E-state index in [4.69, 9.17) is 4.43 Å². The molecule has 3 heteroatoms. The number of hydrogen-bond donors (Lipinski definition) is 0. The lowest BCUT2D eigenvalue weighted by Gasteiger charge is -2.23. The normalized spacial score (nSPS) is 13.7. The molecule has 1 atom stereocenters. The Morgan fingerprint density at radius 3 is 2.32 bits per heavy atom. The van der Waals surface area contributed by atoms with Gasteiger partial charge in [0.25, 0.3) is 0 Å². The monoisotopic (exact) mass is 304 g/mol. The third-order valence-corrected chi connectivity index (χ3v) is 7.54. The first-order chi connectivity index (χ1) is 9.02. The molecule has 0 aromatic heterocycles. The third kappa shape index (κ3) is 13.3. The molecule has 116 valence electrons. The molecule has 0 aromatic rings. The molecule has 0 bridgehead atoms. The Morgan fingerprint density at radius 2 is 1.68 bits per heavy atom. The van der Waals surface area contributed by atoms with Crippen molar-refractivity contribution < 1.29 is 4.43 Å². The Kier molecular flexibility index (Phi) is 12.6. The molecule has 0 rings (SSSR count). The standard InChI is InChI=1S/C16H36OSSi/c1-6-8-9-10-11-14-18-16(3)12-13-17-19(4,5)15-7-2/h16H,6-15H2,1-5H3. The Bertz CT molecular complexity index is 197. The fourth-order valence-corrected chi connectivity index (χ4v) is 5.30. The van der Waals surface area contributed by atoms with Gasteiger partial charge in [0.15, 0.2) is 8.32 Å². The van der Waals surface area contributed by atoms with Crippen LogP contribution in [0, 0.1) is 0 Å². The summed E-state index contributed by atoms with van der Waals surface area (Å²) in [5.74, 6) is 1.33. The first-order valence-electron chi connectivity index (χ1n) is 8.27. The van der Waals surface area contributed by atoms with Gasteiger partial charge in [-0.2, -0.15) is 11.8 Å². The highest BCUT2D eigenvalue weighted by Gasteiger charge is 2.20. The lowest BCUT2D eigenvalue weighted by molar-refractivity contribution is 0.300. The summed E-state index contributed by atoms with van der Waals surface area (Å²) < 4.78 is 6.13. The summed E-state index contributed by atoms with van der Waals surface area (Å²) in [6.07, 6.45) is 9.47. The van der Waals surface area contributed by atoms with Gasteiger partial charge in [-0.15, -0.1) is 0 Å². The molecule has 19 heavy (non-hydrogen) atoms. The van der Waals surface area contributed by atoms with E-state index < -0.39 is 8.32 Å². The largest absolute Gasteiger partial charge is 0.417 e. The summed E-state index contributed by atoms with van der Waals surface area (Å²) in [6.45, 7) is 12.6.